The quantitative estimate of drug-likeness (QED) is 0.690. The lowest BCUT2D eigenvalue weighted by Gasteiger charge is -2.26. The molecule has 0 saturated carbocycles. The summed E-state index contributed by atoms with van der Waals surface area (Å²) in [5.41, 5.74) is 6.58. The summed E-state index contributed by atoms with van der Waals surface area (Å²) in [5.74, 6) is -0.567. The molecule has 1 aliphatic heterocycles. The number of benzene rings is 2. The Kier molecular flexibility index (Phi) is 4.84. The first-order valence-electron chi connectivity index (χ1n) is 8.66. The SMILES string of the molecule is COc1ccc([C@@]2(c3ccc(F)c(-c4cncc(F)c4)c3)COC(N)=N2)cc1Cl. The van der Waals surface area contributed by atoms with E-state index in [1.165, 1.54) is 25.4 Å². The van der Waals surface area contributed by atoms with Crippen LogP contribution in [0.5, 0.6) is 5.75 Å². The van der Waals surface area contributed by atoms with Crippen molar-refractivity contribution in [3.63, 3.8) is 0 Å². The maximum atomic E-state index is 14.6. The van der Waals surface area contributed by atoms with Gasteiger partial charge in [0.05, 0.1) is 18.3 Å². The molecule has 0 bridgehead atoms. The van der Waals surface area contributed by atoms with Crippen molar-refractivity contribution in [1.29, 1.82) is 0 Å². The van der Waals surface area contributed by atoms with Gasteiger partial charge >= 0.3 is 0 Å². The minimum Gasteiger partial charge on any atom is -0.495 e. The molecule has 0 fully saturated rings. The molecule has 29 heavy (non-hydrogen) atoms. The minimum absolute atomic E-state index is 0.00948. The van der Waals surface area contributed by atoms with Crippen LogP contribution in [-0.4, -0.2) is 24.7 Å². The zero-order chi connectivity index (χ0) is 20.6. The monoisotopic (exact) mass is 415 g/mol. The predicted molar refractivity (Wildman–Crippen MR) is 106 cm³/mol. The van der Waals surface area contributed by atoms with E-state index < -0.39 is 17.2 Å². The number of hydrogen-bond acceptors (Lipinski definition) is 5. The Morgan fingerprint density at radius 2 is 1.86 bits per heavy atom. The van der Waals surface area contributed by atoms with Gasteiger partial charge in [0.25, 0.3) is 6.02 Å². The van der Waals surface area contributed by atoms with Gasteiger partial charge in [-0.3, -0.25) is 4.98 Å². The van der Waals surface area contributed by atoms with Crippen LogP contribution in [0.1, 0.15) is 11.1 Å². The molecule has 0 aliphatic carbocycles. The number of aromatic nitrogens is 1. The molecular weight excluding hydrogens is 400 g/mol. The van der Waals surface area contributed by atoms with E-state index in [1.807, 2.05) is 0 Å². The van der Waals surface area contributed by atoms with Crippen molar-refractivity contribution in [3.8, 4) is 16.9 Å². The van der Waals surface area contributed by atoms with Gasteiger partial charge in [-0.1, -0.05) is 23.7 Å². The number of ether oxygens (including phenoxy) is 2. The van der Waals surface area contributed by atoms with Crippen LogP contribution in [0.15, 0.2) is 59.9 Å². The maximum absolute atomic E-state index is 14.6. The van der Waals surface area contributed by atoms with Gasteiger partial charge in [0.15, 0.2) is 5.54 Å². The lowest BCUT2D eigenvalue weighted by Crippen LogP contribution is -2.27. The van der Waals surface area contributed by atoms with Crippen LogP contribution >= 0.6 is 11.6 Å². The lowest BCUT2D eigenvalue weighted by atomic mass is 9.83. The Bertz CT molecular complexity index is 1120. The second-order valence-electron chi connectivity index (χ2n) is 6.53. The molecule has 4 rings (SSSR count). The molecule has 2 aromatic carbocycles. The van der Waals surface area contributed by atoms with E-state index in [0.717, 1.165) is 6.20 Å². The van der Waals surface area contributed by atoms with Crippen molar-refractivity contribution in [2.24, 2.45) is 10.7 Å². The highest BCUT2D eigenvalue weighted by Gasteiger charge is 2.41. The lowest BCUT2D eigenvalue weighted by molar-refractivity contribution is 0.278. The van der Waals surface area contributed by atoms with Gasteiger partial charge in [-0.2, -0.15) is 0 Å². The Morgan fingerprint density at radius 1 is 1.10 bits per heavy atom. The van der Waals surface area contributed by atoms with E-state index in [9.17, 15) is 8.78 Å². The molecule has 1 aromatic heterocycles. The van der Waals surface area contributed by atoms with Crippen molar-refractivity contribution in [3.05, 3.63) is 82.6 Å². The summed E-state index contributed by atoms with van der Waals surface area (Å²) in [7, 11) is 1.52. The molecule has 5 nitrogen and oxygen atoms in total. The van der Waals surface area contributed by atoms with Crippen LogP contribution in [0.2, 0.25) is 5.02 Å². The molecule has 1 aliphatic rings. The second-order valence-corrected chi connectivity index (χ2v) is 6.94. The van der Waals surface area contributed by atoms with Crippen LogP contribution in [0.3, 0.4) is 0 Å². The fourth-order valence-corrected chi connectivity index (χ4v) is 3.64. The van der Waals surface area contributed by atoms with Gasteiger partial charge in [-0.25, -0.2) is 13.8 Å². The van der Waals surface area contributed by atoms with Crippen molar-refractivity contribution >= 4 is 17.6 Å². The van der Waals surface area contributed by atoms with Crippen LogP contribution in [0, 0.1) is 11.6 Å². The van der Waals surface area contributed by atoms with Crippen molar-refractivity contribution in [2.45, 2.75) is 5.54 Å². The molecular formula is C21H16ClF2N3O2. The Hall–Kier alpha value is -3.19. The molecule has 0 unspecified atom stereocenters. The molecule has 0 radical (unpaired) electrons. The fourth-order valence-electron chi connectivity index (χ4n) is 3.38. The summed E-state index contributed by atoms with van der Waals surface area (Å²) in [5, 5.41) is 0.390. The number of aliphatic imine (C=N–C) groups is 1. The normalized spacial score (nSPS) is 18.3. The number of amidine groups is 1. The van der Waals surface area contributed by atoms with Crippen molar-refractivity contribution < 1.29 is 18.3 Å². The van der Waals surface area contributed by atoms with E-state index >= 15 is 0 Å². The smallest absolute Gasteiger partial charge is 0.283 e. The van der Waals surface area contributed by atoms with Crippen LogP contribution < -0.4 is 10.5 Å². The zero-order valence-electron chi connectivity index (χ0n) is 15.3. The van der Waals surface area contributed by atoms with Crippen LogP contribution in [-0.2, 0) is 10.3 Å². The van der Waals surface area contributed by atoms with Crippen LogP contribution in [0.4, 0.5) is 8.78 Å². The molecule has 0 saturated heterocycles. The first-order valence-corrected chi connectivity index (χ1v) is 9.04. The third kappa shape index (κ3) is 3.38. The summed E-state index contributed by atoms with van der Waals surface area (Å²) in [6, 6.07) is 10.9. The minimum atomic E-state index is -1.04. The Balaban J connectivity index is 1.90. The van der Waals surface area contributed by atoms with Crippen molar-refractivity contribution in [1.82, 2.24) is 4.98 Å². The molecule has 2 N–H and O–H groups in total. The Morgan fingerprint density at radius 3 is 2.52 bits per heavy atom. The van der Waals surface area contributed by atoms with E-state index in [0.29, 0.717) is 27.5 Å². The fraction of sp³-hybridized carbons (Fsp3) is 0.143. The summed E-state index contributed by atoms with van der Waals surface area (Å²) in [4.78, 5) is 8.30. The van der Waals surface area contributed by atoms with E-state index in [1.54, 1.807) is 30.3 Å². The average Bonchev–Trinajstić information content (AvgIpc) is 3.11. The highest BCUT2D eigenvalue weighted by atomic mass is 35.5. The Labute approximate surface area is 170 Å². The van der Waals surface area contributed by atoms with Gasteiger partial charge in [-0.05, 0) is 41.5 Å². The number of nitrogens with zero attached hydrogens (tertiary/aromatic N) is 2. The first kappa shape index (κ1) is 19.1. The summed E-state index contributed by atoms with van der Waals surface area (Å²) in [6.07, 6.45) is 2.45. The molecule has 0 amide bonds. The second kappa shape index (κ2) is 7.33. The predicted octanol–water partition coefficient (Wildman–Crippen LogP) is 4.28. The molecule has 1 atom stereocenters. The summed E-state index contributed by atoms with van der Waals surface area (Å²) in [6.45, 7) is 0.105. The number of halogens is 3. The topological polar surface area (TPSA) is 69.7 Å². The van der Waals surface area contributed by atoms with Gasteiger partial charge in [0.2, 0.25) is 0 Å². The van der Waals surface area contributed by atoms with Gasteiger partial charge in [0, 0.05) is 17.3 Å². The highest BCUT2D eigenvalue weighted by Crippen LogP contribution is 2.41. The number of nitrogens with two attached hydrogens (primary N) is 1. The molecule has 2 heterocycles. The summed E-state index contributed by atoms with van der Waals surface area (Å²) >= 11 is 6.31. The van der Waals surface area contributed by atoms with Crippen LogP contribution in [0.25, 0.3) is 11.1 Å². The van der Waals surface area contributed by atoms with Gasteiger partial charge in [0.1, 0.15) is 24.0 Å². The zero-order valence-corrected chi connectivity index (χ0v) is 16.1. The van der Waals surface area contributed by atoms with Gasteiger partial charge in [-0.15, -0.1) is 0 Å². The maximum Gasteiger partial charge on any atom is 0.283 e. The third-order valence-electron chi connectivity index (χ3n) is 4.82. The van der Waals surface area contributed by atoms with Gasteiger partial charge < -0.3 is 15.2 Å². The number of hydrogen-bond donors (Lipinski definition) is 1. The average molecular weight is 416 g/mol. The number of rotatable bonds is 4. The van der Waals surface area contributed by atoms with E-state index in [2.05, 4.69) is 9.98 Å². The number of methoxy groups -OCH3 is 1. The molecule has 148 valence electrons. The standard InChI is InChI=1S/C21H16ClF2N3O2/c1-28-19-5-3-14(8-17(19)22)21(11-29-20(25)27-21)13-2-4-18(24)16(7-13)12-6-15(23)10-26-9-12/h2-10H,11H2,1H3,(H2,25,27)/t21-/m0/s1. The molecule has 3 aromatic rings. The molecule has 0 spiro atoms. The first-order chi connectivity index (χ1) is 13.9. The molecule has 8 heteroatoms. The third-order valence-corrected chi connectivity index (χ3v) is 5.11. The summed E-state index contributed by atoms with van der Waals surface area (Å²) < 4.78 is 38.9. The number of pyridine rings is 1. The van der Waals surface area contributed by atoms with E-state index in [-0.39, 0.29) is 18.2 Å². The highest BCUT2D eigenvalue weighted by molar-refractivity contribution is 6.32. The van der Waals surface area contributed by atoms with Crippen molar-refractivity contribution in [2.75, 3.05) is 13.7 Å². The largest absolute Gasteiger partial charge is 0.495 e. The van der Waals surface area contributed by atoms with E-state index in [4.69, 9.17) is 26.8 Å².